The molecule has 2 atom stereocenters. The van der Waals surface area contributed by atoms with E-state index < -0.39 is 0 Å². The van der Waals surface area contributed by atoms with Gasteiger partial charge in [-0.3, -0.25) is 9.59 Å². The summed E-state index contributed by atoms with van der Waals surface area (Å²) in [6.45, 7) is 23.2. The van der Waals surface area contributed by atoms with Crippen molar-refractivity contribution in [1.82, 2.24) is 9.80 Å². The van der Waals surface area contributed by atoms with E-state index in [1.807, 2.05) is 34.4 Å². The Morgan fingerprint density at radius 1 is 0.603 bits per heavy atom. The Morgan fingerprint density at radius 3 is 1.56 bits per heavy atom. The van der Waals surface area contributed by atoms with Gasteiger partial charge < -0.3 is 19.3 Å². The SMILES string of the molecule is CCCCCCCCC(CCCCCC)CN1C(=O)C2=C(c3ccc(-c4cc5sc(C(C)(C)C)cc5s4)o3)N(CC(CCCCCC)CCCCCCCC)C(=O)C2=C1/C(O)=C/C=C/C(C)(C)C. The lowest BCUT2D eigenvalue weighted by Gasteiger charge is -2.29. The third-order valence-corrected chi connectivity index (χ3v) is 16.8. The maximum atomic E-state index is 15.5. The Labute approximate surface area is 421 Å². The lowest BCUT2D eigenvalue weighted by atomic mass is 9.93. The number of rotatable bonds is 32. The summed E-state index contributed by atoms with van der Waals surface area (Å²) in [6, 6.07) is 8.54. The number of carbonyl (C=O) groups is 2. The Morgan fingerprint density at radius 2 is 1.06 bits per heavy atom. The van der Waals surface area contributed by atoms with E-state index in [0.29, 0.717) is 41.4 Å². The van der Waals surface area contributed by atoms with E-state index >= 15 is 9.59 Å². The molecule has 2 aliphatic rings. The number of thiophene rings is 2. The number of aliphatic hydroxyl groups excluding tert-OH is 1. The summed E-state index contributed by atoms with van der Waals surface area (Å²) in [5.41, 5.74) is 1.64. The van der Waals surface area contributed by atoms with Crippen LogP contribution < -0.4 is 0 Å². The van der Waals surface area contributed by atoms with Crippen LogP contribution in [-0.4, -0.2) is 39.8 Å². The summed E-state index contributed by atoms with van der Waals surface area (Å²) in [6.07, 6.45) is 33.9. The Kier molecular flexibility index (Phi) is 22.3. The van der Waals surface area contributed by atoms with Crippen LogP contribution >= 0.6 is 22.7 Å². The van der Waals surface area contributed by atoms with Crippen molar-refractivity contribution in [2.75, 3.05) is 13.1 Å². The zero-order valence-corrected chi connectivity index (χ0v) is 46.1. The fourth-order valence-corrected chi connectivity index (χ4v) is 12.4. The van der Waals surface area contributed by atoms with Crippen LogP contribution in [0.3, 0.4) is 0 Å². The molecule has 3 aromatic rings. The minimum Gasteiger partial charge on any atom is -0.506 e. The number of unbranched alkanes of at least 4 members (excludes halogenated alkanes) is 16. The number of carbonyl (C=O) groups excluding carboxylic acids is 2. The lowest BCUT2D eigenvalue weighted by Crippen LogP contribution is -2.35. The molecular weight excluding hydrogens is 877 g/mol. The van der Waals surface area contributed by atoms with Gasteiger partial charge in [-0.1, -0.05) is 210 Å². The first-order valence-electron chi connectivity index (χ1n) is 27.5. The minimum atomic E-state index is -0.193. The molecule has 2 aliphatic heterocycles. The largest absolute Gasteiger partial charge is 0.506 e. The van der Waals surface area contributed by atoms with E-state index in [1.54, 1.807) is 22.3 Å². The quantitative estimate of drug-likeness (QED) is 0.0384. The maximum absolute atomic E-state index is 15.5. The molecule has 2 unspecified atom stereocenters. The van der Waals surface area contributed by atoms with Crippen molar-refractivity contribution in [2.24, 2.45) is 17.3 Å². The van der Waals surface area contributed by atoms with Crippen molar-refractivity contribution in [3.63, 3.8) is 0 Å². The van der Waals surface area contributed by atoms with Gasteiger partial charge in [-0.15, -0.1) is 22.7 Å². The maximum Gasteiger partial charge on any atom is 0.261 e. The number of amides is 2. The van der Waals surface area contributed by atoms with Gasteiger partial charge in [0.15, 0.2) is 5.76 Å². The van der Waals surface area contributed by atoms with E-state index in [-0.39, 0.29) is 40.2 Å². The molecule has 5 rings (SSSR count). The first kappa shape index (κ1) is 55.6. The van der Waals surface area contributed by atoms with Gasteiger partial charge in [0.25, 0.3) is 11.8 Å². The van der Waals surface area contributed by atoms with Crippen LogP contribution in [0.2, 0.25) is 0 Å². The number of nitrogens with zero attached hydrogens (tertiary/aromatic N) is 2. The predicted octanol–water partition coefficient (Wildman–Crippen LogP) is 18.9. The molecule has 0 aliphatic carbocycles. The lowest BCUT2D eigenvalue weighted by molar-refractivity contribution is -0.125. The average Bonchev–Trinajstić information content (AvgIpc) is 4.11. The Balaban J connectivity index is 1.61. The van der Waals surface area contributed by atoms with Crippen molar-refractivity contribution < 1.29 is 19.1 Å². The predicted molar refractivity (Wildman–Crippen MR) is 293 cm³/mol. The first-order chi connectivity index (χ1) is 32.6. The molecule has 0 bridgehead atoms. The van der Waals surface area contributed by atoms with Gasteiger partial charge in [0, 0.05) is 27.4 Å². The molecule has 1 N–H and O–H groups in total. The van der Waals surface area contributed by atoms with Crippen LogP contribution in [0, 0.1) is 17.3 Å². The number of allylic oxidation sites excluding steroid dienone is 3. The highest BCUT2D eigenvalue weighted by molar-refractivity contribution is 7.29. The summed E-state index contributed by atoms with van der Waals surface area (Å²) >= 11 is 3.57. The van der Waals surface area contributed by atoms with Gasteiger partial charge >= 0.3 is 0 Å². The smallest absolute Gasteiger partial charge is 0.261 e. The highest BCUT2D eigenvalue weighted by Gasteiger charge is 2.51. The number of fused-ring (bicyclic) bond motifs is 2. The van der Waals surface area contributed by atoms with E-state index in [4.69, 9.17) is 4.42 Å². The first-order valence-corrected chi connectivity index (χ1v) is 29.1. The second-order valence-corrected chi connectivity index (χ2v) is 24.6. The Hall–Kier alpha value is -3.36. The van der Waals surface area contributed by atoms with E-state index in [2.05, 4.69) is 87.4 Å². The zero-order valence-electron chi connectivity index (χ0n) is 44.5. The van der Waals surface area contributed by atoms with E-state index in [1.165, 1.54) is 117 Å². The minimum absolute atomic E-state index is 0.0284. The second-order valence-electron chi connectivity index (χ2n) is 22.5. The van der Waals surface area contributed by atoms with Gasteiger partial charge in [0.1, 0.15) is 17.2 Å². The van der Waals surface area contributed by atoms with Gasteiger partial charge in [-0.2, -0.15) is 0 Å². The molecule has 0 fully saturated rings. The van der Waals surface area contributed by atoms with Crippen molar-refractivity contribution in [3.8, 4) is 10.6 Å². The number of hydrogen-bond donors (Lipinski definition) is 1. The van der Waals surface area contributed by atoms with Gasteiger partial charge in [0.2, 0.25) is 0 Å². The molecule has 68 heavy (non-hydrogen) atoms. The van der Waals surface area contributed by atoms with Crippen molar-refractivity contribution in [2.45, 2.75) is 229 Å². The molecular formula is C60H92N2O4S2. The van der Waals surface area contributed by atoms with Crippen LogP contribution in [0.5, 0.6) is 0 Å². The number of furan rings is 1. The normalized spacial score (nSPS) is 16.0. The highest BCUT2D eigenvalue weighted by Crippen LogP contribution is 2.48. The van der Waals surface area contributed by atoms with Crippen molar-refractivity contribution in [3.05, 3.63) is 75.7 Å². The molecule has 5 heterocycles. The zero-order chi connectivity index (χ0) is 49.3. The molecule has 0 aromatic carbocycles. The van der Waals surface area contributed by atoms with Crippen molar-refractivity contribution in [1.29, 1.82) is 0 Å². The van der Waals surface area contributed by atoms with Crippen LogP contribution in [0.25, 0.3) is 25.7 Å². The molecule has 0 spiro atoms. The summed E-state index contributed by atoms with van der Waals surface area (Å²) in [5.74, 6) is 1.42. The standard InChI is InChI=1S/C60H92N2O4S2/c1-11-15-19-23-25-29-34-44(32-27-21-17-13-3)42-61-55(46(63)36-31-39-59(5,6)7)53-54(58(61)65)56(48-38-37-47(66-48)49-40-50-51(67-49)41-52(68-50)60(8,9)10)62(57(53)64)43-45(33-28-22-18-14-4)35-30-26-24-20-16-12-2/h31,36-41,44-45,63H,11-30,32-35,42-43H2,1-10H3/b39-31+,46-36-. The summed E-state index contributed by atoms with van der Waals surface area (Å²) in [5, 5.41) is 12.3. The molecule has 378 valence electrons. The molecule has 0 radical (unpaired) electrons. The molecule has 3 aromatic heterocycles. The topological polar surface area (TPSA) is 74.0 Å². The van der Waals surface area contributed by atoms with Crippen molar-refractivity contribution >= 4 is 49.6 Å². The average molecular weight is 970 g/mol. The fraction of sp³-hybridized carbons (Fsp3) is 0.667. The summed E-state index contributed by atoms with van der Waals surface area (Å²) < 4.78 is 9.38. The molecule has 6 nitrogen and oxygen atoms in total. The van der Waals surface area contributed by atoms with Crippen LogP contribution in [0.1, 0.15) is 234 Å². The fourth-order valence-electron chi connectivity index (χ4n) is 10.0. The van der Waals surface area contributed by atoms with Gasteiger partial charge in [-0.25, -0.2) is 0 Å². The van der Waals surface area contributed by atoms with Crippen LogP contribution in [0.15, 0.2) is 69.5 Å². The second kappa shape index (κ2) is 27.3. The molecule has 0 saturated carbocycles. The third kappa shape index (κ3) is 15.8. The highest BCUT2D eigenvalue weighted by atomic mass is 32.1. The number of hydrogen-bond acceptors (Lipinski definition) is 6. The molecule has 0 saturated heterocycles. The van der Waals surface area contributed by atoms with Gasteiger partial charge in [0.05, 0.1) is 21.7 Å². The molecule has 2 amide bonds. The van der Waals surface area contributed by atoms with E-state index in [9.17, 15) is 5.11 Å². The van der Waals surface area contributed by atoms with E-state index in [0.717, 1.165) is 62.0 Å². The Bertz CT molecular complexity index is 2130. The van der Waals surface area contributed by atoms with Crippen LogP contribution in [0.4, 0.5) is 0 Å². The summed E-state index contributed by atoms with van der Waals surface area (Å²) in [4.78, 5) is 37.1. The van der Waals surface area contributed by atoms with Crippen LogP contribution in [-0.2, 0) is 15.0 Å². The van der Waals surface area contributed by atoms with Gasteiger partial charge in [-0.05, 0) is 78.7 Å². The number of aliphatic hydroxyl groups is 1. The summed E-state index contributed by atoms with van der Waals surface area (Å²) in [7, 11) is 0. The molecule has 8 heteroatoms. The monoisotopic (exact) mass is 969 g/mol. The third-order valence-electron chi connectivity index (χ3n) is 14.0.